The van der Waals surface area contributed by atoms with E-state index in [9.17, 15) is 4.79 Å². The van der Waals surface area contributed by atoms with Gasteiger partial charge in [0, 0.05) is 30.9 Å². The molecule has 1 saturated carbocycles. The lowest BCUT2D eigenvalue weighted by Gasteiger charge is -2.34. The van der Waals surface area contributed by atoms with Crippen molar-refractivity contribution in [3.63, 3.8) is 0 Å². The highest BCUT2D eigenvalue weighted by Crippen LogP contribution is 2.59. The van der Waals surface area contributed by atoms with Gasteiger partial charge in [0.1, 0.15) is 5.69 Å². The van der Waals surface area contributed by atoms with E-state index in [1.807, 2.05) is 19.9 Å². The Labute approximate surface area is 192 Å². The number of H-pyrrole nitrogens is 2. The fraction of sp³-hybridized carbons (Fsp3) is 0.583. The maximum atomic E-state index is 13.3. The van der Waals surface area contributed by atoms with Gasteiger partial charge in [0.15, 0.2) is 11.5 Å². The number of morpholine rings is 1. The predicted molar refractivity (Wildman–Crippen MR) is 125 cm³/mol. The third-order valence-electron chi connectivity index (χ3n) is 7.91. The Kier molecular flexibility index (Phi) is 4.81. The summed E-state index contributed by atoms with van der Waals surface area (Å²) in [5.74, 6) is 1.58. The minimum Gasteiger partial charge on any atom is -0.379 e. The number of hydrogen-bond acceptors (Lipinski definition) is 6. The zero-order chi connectivity index (χ0) is 22.7. The molecular formula is C24H31N7O2. The smallest absolute Gasteiger partial charge is 0.244 e. The predicted octanol–water partition coefficient (Wildman–Crippen LogP) is 2.55. The number of hydrogen-bond donors (Lipinski definition) is 2. The van der Waals surface area contributed by atoms with E-state index in [1.54, 1.807) is 11.1 Å². The molecule has 1 saturated heterocycles. The molecule has 3 atom stereocenters. The van der Waals surface area contributed by atoms with Gasteiger partial charge in [0.2, 0.25) is 5.91 Å². The molecule has 0 aromatic carbocycles. The molecule has 0 radical (unpaired) electrons. The lowest BCUT2D eigenvalue weighted by atomic mass is 9.88. The van der Waals surface area contributed by atoms with Gasteiger partial charge in [-0.25, -0.2) is 9.97 Å². The molecule has 174 valence electrons. The number of imidazole rings is 1. The zero-order valence-electron chi connectivity index (χ0n) is 19.5. The van der Waals surface area contributed by atoms with E-state index in [0.29, 0.717) is 30.8 Å². The summed E-state index contributed by atoms with van der Waals surface area (Å²) in [7, 11) is 0. The Bertz CT molecular complexity index is 1210. The third kappa shape index (κ3) is 3.45. The summed E-state index contributed by atoms with van der Waals surface area (Å²) in [6.45, 7) is 9.81. The SMILES string of the molecule is CCN(C(=O)[C@H](C)N1CCOCC1)c1cnc2nc(-c3n[nH]c4c3C[C@@H]3C[C@]3(C)C4)[nH]c2c1. The second-order valence-corrected chi connectivity index (χ2v) is 10.0. The Morgan fingerprint density at radius 3 is 3.00 bits per heavy atom. The summed E-state index contributed by atoms with van der Waals surface area (Å²) < 4.78 is 5.43. The molecular weight excluding hydrogens is 418 g/mol. The number of nitrogens with zero attached hydrogens (tertiary/aromatic N) is 5. The van der Waals surface area contributed by atoms with Gasteiger partial charge in [-0.1, -0.05) is 6.92 Å². The molecule has 3 aromatic rings. The van der Waals surface area contributed by atoms with Crippen LogP contribution in [0, 0.1) is 11.3 Å². The molecule has 2 N–H and O–H groups in total. The average molecular weight is 450 g/mol. The van der Waals surface area contributed by atoms with E-state index >= 15 is 0 Å². The number of ether oxygens (including phenoxy) is 1. The number of amides is 1. The van der Waals surface area contributed by atoms with Crippen molar-refractivity contribution >= 4 is 22.8 Å². The highest BCUT2D eigenvalue weighted by atomic mass is 16.5. The molecule has 0 bridgehead atoms. The molecule has 3 aliphatic rings. The molecule has 3 aromatic heterocycles. The van der Waals surface area contributed by atoms with Crippen LogP contribution in [0.25, 0.3) is 22.7 Å². The molecule has 33 heavy (non-hydrogen) atoms. The van der Waals surface area contributed by atoms with Crippen LogP contribution in [0.3, 0.4) is 0 Å². The van der Waals surface area contributed by atoms with Gasteiger partial charge < -0.3 is 14.6 Å². The van der Waals surface area contributed by atoms with Gasteiger partial charge >= 0.3 is 0 Å². The van der Waals surface area contributed by atoms with E-state index in [4.69, 9.17) is 9.72 Å². The number of pyridine rings is 1. The topological polar surface area (TPSA) is 103 Å². The number of nitrogens with one attached hydrogen (secondary N) is 2. The summed E-state index contributed by atoms with van der Waals surface area (Å²) in [5.41, 5.74) is 6.13. The van der Waals surface area contributed by atoms with E-state index in [0.717, 1.165) is 54.6 Å². The summed E-state index contributed by atoms with van der Waals surface area (Å²) in [6.07, 6.45) is 5.17. The number of carbonyl (C=O) groups is 1. The molecule has 2 aliphatic carbocycles. The molecule has 0 spiro atoms. The molecule has 9 heteroatoms. The summed E-state index contributed by atoms with van der Waals surface area (Å²) >= 11 is 0. The Morgan fingerprint density at radius 1 is 1.39 bits per heavy atom. The van der Waals surface area contributed by atoms with Crippen molar-refractivity contribution in [1.29, 1.82) is 0 Å². The van der Waals surface area contributed by atoms with Crippen molar-refractivity contribution in [2.75, 3.05) is 37.7 Å². The van der Waals surface area contributed by atoms with E-state index in [-0.39, 0.29) is 11.9 Å². The number of carbonyl (C=O) groups excluding carboxylic acids is 1. The Morgan fingerprint density at radius 2 is 2.21 bits per heavy atom. The fourth-order valence-electron chi connectivity index (χ4n) is 5.61. The van der Waals surface area contributed by atoms with Crippen LogP contribution in [0.1, 0.15) is 38.4 Å². The first kappa shape index (κ1) is 20.8. The number of aromatic nitrogens is 5. The van der Waals surface area contributed by atoms with E-state index in [2.05, 4.69) is 32.0 Å². The van der Waals surface area contributed by atoms with Crippen LogP contribution in [0.4, 0.5) is 5.69 Å². The lowest BCUT2D eigenvalue weighted by molar-refractivity contribution is -0.124. The van der Waals surface area contributed by atoms with Crippen molar-refractivity contribution in [2.24, 2.45) is 11.3 Å². The molecule has 9 nitrogen and oxygen atoms in total. The number of likely N-dealkylation sites (N-methyl/N-ethyl adjacent to an activating group) is 1. The minimum atomic E-state index is -0.203. The molecule has 0 unspecified atom stereocenters. The number of aromatic amines is 2. The minimum absolute atomic E-state index is 0.0779. The van der Waals surface area contributed by atoms with Crippen LogP contribution >= 0.6 is 0 Å². The first-order valence-electron chi connectivity index (χ1n) is 12.0. The van der Waals surface area contributed by atoms with Crippen LogP contribution in [0.5, 0.6) is 0 Å². The molecule has 1 aliphatic heterocycles. The largest absolute Gasteiger partial charge is 0.379 e. The number of rotatable bonds is 5. The van der Waals surface area contributed by atoms with Gasteiger partial charge in [-0.3, -0.25) is 14.8 Å². The molecule has 6 rings (SSSR count). The van der Waals surface area contributed by atoms with Crippen molar-refractivity contribution in [1.82, 2.24) is 30.0 Å². The van der Waals surface area contributed by atoms with Crippen molar-refractivity contribution in [2.45, 2.75) is 46.1 Å². The molecule has 4 heterocycles. The Balaban J connectivity index is 1.27. The van der Waals surface area contributed by atoms with Crippen LogP contribution in [0.2, 0.25) is 0 Å². The maximum absolute atomic E-state index is 13.3. The van der Waals surface area contributed by atoms with E-state index in [1.165, 1.54) is 17.7 Å². The summed E-state index contributed by atoms with van der Waals surface area (Å²) in [6, 6.07) is 1.77. The van der Waals surface area contributed by atoms with Gasteiger partial charge in [-0.15, -0.1) is 0 Å². The monoisotopic (exact) mass is 449 g/mol. The lowest BCUT2D eigenvalue weighted by Crippen LogP contribution is -2.51. The standard InChI is InChI=1S/C24H31N7O2/c1-4-31(23(32)14(2)30-5-7-33-8-6-30)16-10-18-21(25-13-16)27-22(26-18)20-17-9-15-11-24(15,3)12-19(17)28-29-20/h10,13-15H,4-9,11-12H2,1-3H3,(H,28,29)(H,25,26,27)/t14-,15+,24+/m0/s1. The van der Waals surface area contributed by atoms with E-state index < -0.39 is 0 Å². The second-order valence-electron chi connectivity index (χ2n) is 10.0. The van der Waals surface area contributed by atoms with Crippen LogP contribution in [-0.2, 0) is 22.4 Å². The number of fused-ring (bicyclic) bond motifs is 3. The first-order valence-corrected chi connectivity index (χ1v) is 12.0. The summed E-state index contributed by atoms with van der Waals surface area (Å²) in [4.78, 5) is 30.0. The van der Waals surface area contributed by atoms with Crippen LogP contribution in [-0.4, -0.2) is 74.8 Å². The first-order chi connectivity index (χ1) is 16.0. The van der Waals surface area contributed by atoms with Gasteiger partial charge in [0.05, 0.1) is 36.7 Å². The van der Waals surface area contributed by atoms with Gasteiger partial charge in [0.25, 0.3) is 0 Å². The maximum Gasteiger partial charge on any atom is 0.244 e. The molecule has 1 amide bonds. The van der Waals surface area contributed by atoms with Crippen LogP contribution in [0.15, 0.2) is 12.3 Å². The average Bonchev–Trinajstić information content (AvgIpc) is 3.12. The van der Waals surface area contributed by atoms with Gasteiger partial charge in [-0.2, -0.15) is 5.10 Å². The normalized spacial score (nSPS) is 25.5. The molecule has 2 fully saturated rings. The number of anilines is 1. The highest BCUT2D eigenvalue weighted by molar-refractivity contribution is 5.98. The van der Waals surface area contributed by atoms with Crippen molar-refractivity contribution in [3.8, 4) is 11.5 Å². The third-order valence-corrected chi connectivity index (χ3v) is 7.91. The fourth-order valence-corrected chi connectivity index (χ4v) is 5.61. The quantitative estimate of drug-likeness (QED) is 0.621. The second kappa shape index (κ2) is 7.63. The van der Waals surface area contributed by atoms with Crippen LogP contribution < -0.4 is 4.90 Å². The highest BCUT2D eigenvalue weighted by Gasteiger charge is 2.53. The zero-order valence-corrected chi connectivity index (χ0v) is 19.5. The van der Waals surface area contributed by atoms with Crippen molar-refractivity contribution < 1.29 is 9.53 Å². The Hall–Kier alpha value is -2.78. The van der Waals surface area contributed by atoms with Gasteiger partial charge in [-0.05, 0) is 50.5 Å². The summed E-state index contributed by atoms with van der Waals surface area (Å²) in [5, 5.41) is 7.85. The van der Waals surface area contributed by atoms with Crippen molar-refractivity contribution in [3.05, 3.63) is 23.5 Å².